The Morgan fingerprint density at radius 2 is 0.691 bits per heavy atom. The van der Waals surface area contributed by atoms with Gasteiger partial charge >= 0.3 is 0 Å². The minimum atomic E-state index is 0.599. The third kappa shape index (κ3) is 6.88. The minimum Gasteiger partial charge on any atom is -0.308 e. The van der Waals surface area contributed by atoms with Crippen molar-refractivity contribution < 1.29 is 0 Å². The van der Waals surface area contributed by atoms with Crippen molar-refractivity contribution in [3.63, 3.8) is 0 Å². The second-order valence-corrected chi connectivity index (χ2v) is 18.2. The van der Waals surface area contributed by atoms with E-state index >= 15 is 0 Å². The van der Waals surface area contributed by atoms with Gasteiger partial charge in [-0.05, 0) is 69.8 Å². The predicted molar refractivity (Wildman–Crippen MR) is 285 cm³/mol. The van der Waals surface area contributed by atoms with E-state index in [1.54, 1.807) is 0 Å². The fraction of sp³-hybridized carbons (Fsp3) is 0. The summed E-state index contributed by atoms with van der Waals surface area (Å²) in [5.74, 6) is 1.84. The van der Waals surface area contributed by atoms with Gasteiger partial charge in [0.15, 0.2) is 17.5 Å². The van der Waals surface area contributed by atoms with Gasteiger partial charge in [-0.15, -0.1) is 11.3 Å². The molecule has 68 heavy (non-hydrogen) atoms. The van der Waals surface area contributed by atoms with Crippen molar-refractivity contribution in [2.45, 2.75) is 0 Å². The summed E-state index contributed by atoms with van der Waals surface area (Å²) in [6, 6.07) is 86.6. The van der Waals surface area contributed by atoms with Crippen LogP contribution < -0.4 is 0 Å². The van der Waals surface area contributed by atoms with Gasteiger partial charge in [-0.2, -0.15) is 0 Å². The maximum atomic E-state index is 5.30. The highest BCUT2D eigenvalue weighted by molar-refractivity contribution is 7.26. The molecule has 0 fully saturated rings. The van der Waals surface area contributed by atoms with E-state index in [4.69, 9.17) is 15.0 Å². The van der Waals surface area contributed by atoms with Crippen LogP contribution in [0.15, 0.2) is 243 Å². The predicted octanol–water partition coefficient (Wildman–Crippen LogP) is 17.0. The van der Waals surface area contributed by atoms with E-state index in [0.29, 0.717) is 17.5 Å². The first-order valence-electron chi connectivity index (χ1n) is 22.9. The van der Waals surface area contributed by atoms with Crippen molar-refractivity contribution in [3.05, 3.63) is 243 Å². The van der Waals surface area contributed by atoms with Crippen molar-refractivity contribution in [2.75, 3.05) is 0 Å². The molecule has 0 radical (unpaired) electrons. The third-order valence-corrected chi connectivity index (χ3v) is 14.2. The fourth-order valence-electron chi connectivity index (χ4n) is 9.84. The summed E-state index contributed by atoms with van der Waals surface area (Å²) >= 11 is 1.86. The molecule has 318 valence electrons. The van der Waals surface area contributed by atoms with E-state index < -0.39 is 0 Å². The zero-order valence-electron chi connectivity index (χ0n) is 36.8. The van der Waals surface area contributed by atoms with Crippen molar-refractivity contribution in [1.82, 2.24) is 19.5 Å². The van der Waals surface area contributed by atoms with Gasteiger partial charge in [0.1, 0.15) is 0 Å². The second kappa shape index (κ2) is 16.6. The van der Waals surface area contributed by atoms with Crippen molar-refractivity contribution in [1.29, 1.82) is 0 Å². The van der Waals surface area contributed by atoms with Crippen LogP contribution in [0.25, 0.3) is 126 Å². The van der Waals surface area contributed by atoms with Gasteiger partial charge in [-0.3, -0.25) is 0 Å². The monoisotopic (exact) mass is 884 g/mol. The number of fused-ring (bicyclic) bond motifs is 7. The summed E-state index contributed by atoms with van der Waals surface area (Å²) in [5.41, 5.74) is 15.1. The molecule has 5 heteroatoms. The van der Waals surface area contributed by atoms with Crippen LogP contribution in [-0.2, 0) is 0 Å². The zero-order chi connectivity index (χ0) is 45.0. The molecule has 10 aromatic carbocycles. The van der Waals surface area contributed by atoms with Crippen LogP contribution in [0.5, 0.6) is 0 Å². The number of hydrogen-bond acceptors (Lipinski definition) is 4. The first-order valence-corrected chi connectivity index (χ1v) is 23.7. The van der Waals surface area contributed by atoms with E-state index in [1.807, 2.05) is 47.7 Å². The molecular formula is C63H40N4S. The summed E-state index contributed by atoms with van der Waals surface area (Å²) in [4.78, 5) is 15.7. The molecule has 13 rings (SSSR count). The Hall–Kier alpha value is -8.77. The Labute approximate surface area is 397 Å². The summed E-state index contributed by atoms with van der Waals surface area (Å²) in [6.45, 7) is 0. The Morgan fingerprint density at radius 3 is 1.22 bits per heavy atom. The Balaban J connectivity index is 1.15. The van der Waals surface area contributed by atoms with Gasteiger partial charge in [0.25, 0.3) is 0 Å². The molecule has 3 aromatic heterocycles. The van der Waals surface area contributed by atoms with Gasteiger partial charge < -0.3 is 4.57 Å². The smallest absolute Gasteiger partial charge is 0.164 e. The summed E-state index contributed by atoms with van der Waals surface area (Å²) in [7, 11) is 0. The average molecular weight is 885 g/mol. The van der Waals surface area contributed by atoms with E-state index in [9.17, 15) is 0 Å². The molecule has 0 aliphatic carbocycles. The van der Waals surface area contributed by atoms with Gasteiger partial charge in [0.2, 0.25) is 0 Å². The lowest BCUT2D eigenvalue weighted by Gasteiger charge is -2.21. The van der Waals surface area contributed by atoms with Crippen molar-refractivity contribution in [2.24, 2.45) is 0 Å². The van der Waals surface area contributed by atoms with Crippen LogP contribution in [0.1, 0.15) is 0 Å². The summed E-state index contributed by atoms with van der Waals surface area (Å²) < 4.78 is 5.08. The van der Waals surface area contributed by atoms with Crippen LogP contribution in [0.2, 0.25) is 0 Å². The first kappa shape index (κ1) is 39.6. The molecule has 13 aromatic rings. The topological polar surface area (TPSA) is 43.6 Å². The lowest BCUT2D eigenvalue weighted by atomic mass is 9.91. The average Bonchev–Trinajstić information content (AvgIpc) is 3.97. The van der Waals surface area contributed by atoms with Gasteiger partial charge in [0.05, 0.1) is 16.7 Å². The zero-order valence-corrected chi connectivity index (χ0v) is 37.6. The Morgan fingerprint density at radius 1 is 0.279 bits per heavy atom. The number of hydrogen-bond donors (Lipinski definition) is 0. The van der Waals surface area contributed by atoms with E-state index in [1.165, 1.54) is 42.1 Å². The highest BCUT2D eigenvalue weighted by Crippen LogP contribution is 2.48. The van der Waals surface area contributed by atoms with Crippen LogP contribution in [0, 0.1) is 0 Å². The number of thiophene rings is 1. The molecule has 0 bridgehead atoms. The molecular weight excluding hydrogens is 845 g/mol. The van der Waals surface area contributed by atoms with Gasteiger partial charge in [-0.1, -0.05) is 206 Å². The molecule has 0 saturated heterocycles. The van der Waals surface area contributed by atoms with E-state index in [-0.39, 0.29) is 0 Å². The quantitative estimate of drug-likeness (QED) is 0.153. The minimum absolute atomic E-state index is 0.599. The molecule has 0 amide bonds. The van der Waals surface area contributed by atoms with Crippen LogP contribution in [0.3, 0.4) is 0 Å². The molecule has 0 aliphatic rings. The van der Waals surface area contributed by atoms with E-state index in [0.717, 1.165) is 66.8 Å². The molecule has 4 nitrogen and oxygen atoms in total. The fourth-order valence-corrected chi connectivity index (χ4v) is 11.0. The van der Waals surface area contributed by atoms with Crippen LogP contribution >= 0.6 is 11.3 Å². The number of para-hydroxylation sites is 1. The van der Waals surface area contributed by atoms with Gasteiger partial charge in [-0.25, -0.2) is 15.0 Å². The van der Waals surface area contributed by atoms with E-state index in [2.05, 4.69) is 211 Å². The Bertz CT molecular complexity index is 3810. The lowest BCUT2D eigenvalue weighted by Crippen LogP contribution is -2.04. The standard InChI is InChI=1S/C63H40N4S/c1-5-17-41(18-6-1)43-29-33-45(34-30-43)52-39-49(63-65-61(47-21-9-3-10-22-47)64-62(66-63)48-23-11-4-12-24-48)40-53(46-35-31-44(32-36-46)42-19-7-2-8-20-42)60(52)67-54-27-15-13-25-50(54)58-55(67)37-38-57-59(58)51-26-14-16-28-56(51)68-57/h1-40H. The molecule has 0 N–H and O–H groups in total. The molecule has 0 aliphatic heterocycles. The van der Waals surface area contributed by atoms with Crippen molar-refractivity contribution in [3.8, 4) is 84.4 Å². The SMILES string of the molecule is c1ccc(-c2ccc(-c3cc(-c4nc(-c5ccccc5)nc(-c5ccccc5)n4)cc(-c4ccc(-c5ccccc5)cc4)c3-n3c4ccccc4c4c5c(ccc43)sc3ccccc35)cc2)cc1. The molecule has 0 spiro atoms. The molecule has 3 heterocycles. The molecule has 0 unspecified atom stereocenters. The van der Waals surface area contributed by atoms with Gasteiger partial charge in [0, 0.05) is 58.8 Å². The molecule has 0 atom stereocenters. The highest BCUT2D eigenvalue weighted by Gasteiger charge is 2.25. The molecule has 0 saturated carbocycles. The lowest BCUT2D eigenvalue weighted by molar-refractivity contribution is 1.07. The normalized spacial score (nSPS) is 11.5. The van der Waals surface area contributed by atoms with Crippen LogP contribution in [-0.4, -0.2) is 19.5 Å². The Kier molecular flexibility index (Phi) is 9.66. The summed E-state index contributed by atoms with van der Waals surface area (Å²) in [5, 5.41) is 5.05. The third-order valence-electron chi connectivity index (χ3n) is 13.1. The van der Waals surface area contributed by atoms with Crippen molar-refractivity contribution >= 4 is 53.3 Å². The summed E-state index contributed by atoms with van der Waals surface area (Å²) in [6.07, 6.45) is 0. The number of rotatable bonds is 8. The number of benzene rings is 10. The maximum Gasteiger partial charge on any atom is 0.164 e. The second-order valence-electron chi connectivity index (χ2n) is 17.1. The first-order chi connectivity index (χ1) is 33.7. The number of aromatic nitrogens is 4. The highest BCUT2D eigenvalue weighted by atomic mass is 32.1. The van der Waals surface area contributed by atoms with Crippen LogP contribution in [0.4, 0.5) is 0 Å². The largest absolute Gasteiger partial charge is 0.308 e. The maximum absolute atomic E-state index is 5.30. The number of nitrogens with zero attached hydrogens (tertiary/aromatic N) is 4.